The Morgan fingerprint density at radius 3 is 1.96 bits per heavy atom. The van der Waals surface area contributed by atoms with Gasteiger partial charge in [-0.1, -0.05) is 12.7 Å². The number of imide groups is 1. The van der Waals surface area contributed by atoms with Crippen LogP contribution >= 0.6 is 0 Å². The van der Waals surface area contributed by atoms with Gasteiger partial charge < -0.3 is 9.47 Å². The molecule has 1 aromatic rings. The molecule has 1 rings (SSSR count). The first kappa shape index (κ1) is 18.7. The van der Waals surface area contributed by atoms with Crippen molar-refractivity contribution < 1.29 is 19.1 Å². The fraction of sp³-hybridized carbons (Fsp3) is 0.471. The van der Waals surface area contributed by atoms with Crippen molar-refractivity contribution in [3.05, 3.63) is 30.5 Å². The van der Waals surface area contributed by atoms with Gasteiger partial charge in [0.15, 0.2) is 0 Å². The summed E-state index contributed by atoms with van der Waals surface area (Å²) in [4.78, 5) is 29.7. The van der Waals surface area contributed by atoms with Gasteiger partial charge in [-0.2, -0.15) is 4.90 Å². The molecule has 0 aliphatic rings. The Hall–Kier alpha value is -2.37. The van der Waals surface area contributed by atoms with E-state index in [1.165, 1.54) is 6.20 Å². The van der Waals surface area contributed by atoms with E-state index in [2.05, 4.69) is 11.6 Å². The third-order valence-electron chi connectivity index (χ3n) is 2.39. The van der Waals surface area contributed by atoms with Gasteiger partial charge in [0, 0.05) is 6.20 Å². The van der Waals surface area contributed by atoms with Gasteiger partial charge in [0.2, 0.25) is 0 Å². The summed E-state index contributed by atoms with van der Waals surface area (Å²) in [5.74, 6) is 0.117. The molecule has 0 aliphatic carbocycles. The van der Waals surface area contributed by atoms with Crippen molar-refractivity contribution in [3.63, 3.8) is 0 Å². The number of amides is 2. The first-order valence-electron chi connectivity index (χ1n) is 7.27. The molecule has 0 aromatic carbocycles. The second-order valence-corrected chi connectivity index (χ2v) is 6.95. The van der Waals surface area contributed by atoms with Crippen LogP contribution in [0.5, 0.6) is 0 Å². The van der Waals surface area contributed by atoms with E-state index in [9.17, 15) is 9.59 Å². The van der Waals surface area contributed by atoms with Crippen LogP contribution in [0.15, 0.2) is 24.9 Å². The van der Waals surface area contributed by atoms with Crippen molar-refractivity contribution in [2.45, 2.75) is 52.7 Å². The maximum Gasteiger partial charge on any atom is 0.425 e. The summed E-state index contributed by atoms with van der Waals surface area (Å²) in [5.41, 5.74) is -0.798. The van der Waals surface area contributed by atoms with Crippen molar-refractivity contribution in [3.8, 4) is 0 Å². The van der Waals surface area contributed by atoms with Crippen LogP contribution in [-0.4, -0.2) is 28.4 Å². The average molecular weight is 320 g/mol. The summed E-state index contributed by atoms with van der Waals surface area (Å²) in [6, 6.07) is 3.26. The molecule has 0 unspecified atom stereocenters. The second kappa shape index (κ2) is 6.81. The summed E-state index contributed by atoms with van der Waals surface area (Å²) in [5, 5.41) is 0. The summed E-state index contributed by atoms with van der Waals surface area (Å²) in [6.45, 7) is 13.9. The number of aromatic nitrogens is 1. The Morgan fingerprint density at radius 1 is 1.09 bits per heavy atom. The maximum absolute atomic E-state index is 12.4. The van der Waals surface area contributed by atoms with E-state index < -0.39 is 23.4 Å². The van der Waals surface area contributed by atoms with Crippen LogP contribution in [0.1, 0.15) is 47.1 Å². The van der Waals surface area contributed by atoms with Crippen LogP contribution in [0.25, 0.3) is 6.08 Å². The molecule has 0 saturated carbocycles. The van der Waals surface area contributed by atoms with E-state index in [0.717, 1.165) is 4.90 Å². The van der Waals surface area contributed by atoms with Crippen LogP contribution in [-0.2, 0) is 9.47 Å². The number of nitrogens with zero attached hydrogens (tertiary/aromatic N) is 2. The maximum atomic E-state index is 12.4. The van der Waals surface area contributed by atoms with Crippen molar-refractivity contribution in [1.29, 1.82) is 0 Å². The predicted molar refractivity (Wildman–Crippen MR) is 89.3 cm³/mol. The van der Waals surface area contributed by atoms with Crippen LogP contribution in [0.4, 0.5) is 15.4 Å². The fourth-order valence-corrected chi connectivity index (χ4v) is 1.56. The second-order valence-electron chi connectivity index (χ2n) is 6.95. The molecule has 0 saturated heterocycles. The lowest BCUT2D eigenvalue weighted by Crippen LogP contribution is -2.44. The Labute approximate surface area is 137 Å². The van der Waals surface area contributed by atoms with E-state index in [4.69, 9.17) is 9.47 Å². The molecule has 1 aromatic heterocycles. The highest BCUT2D eigenvalue weighted by Crippen LogP contribution is 2.21. The molecule has 1 heterocycles. The largest absolute Gasteiger partial charge is 0.443 e. The van der Waals surface area contributed by atoms with Gasteiger partial charge in [0.25, 0.3) is 0 Å². The summed E-state index contributed by atoms with van der Waals surface area (Å²) in [7, 11) is 0. The normalized spacial score (nSPS) is 11.6. The first-order chi connectivity index (χ1) is 10.4. The summed E-state index contributed by atoms with van der Waals surface area (Å²) < 4.78 is 10.6. The molecule has 0 radical (unpaired) electrons. The van der Waals surface area contributed by atoms with Crippen molar-refractivity contribution in [1.82, 2.24) is 4.98 Å². The quantitative estimate of drug-likeness (QED) is 0.807. The van der Waals surface area contributed by atoms with Gasteiger partial charge in [0.1, 0.15) is 17.0 Å². The summed E-state index contributed by atoms with van der Waals surface area (Å²) in [6.07, 6.45) is 1.38. The molecular weight excluding hydrogens is 296 g/mol. The molecule has 0 fully saturated rings. The highest BCUT2D eigenvalue weighted by molar-refractivity contribution is 6.08. The average Bonchev–Trinajstić information content (AvgIpc) is 2.34. The minimum atomic E-state index is -0.847. The number of hydrogen-bond acceptors (Lipinski definition) is 5. The highest BCUT2D eigenvalue weighted by Gasteiger charge is 2.33. The SMILES string of the molecule is C=Cc1ccnc(N(C(=O)OC(C)(C)C)C(=O)OC(C)(C)C)c1. The fourth-order valence-electron chi connectivity index (χ4n) is 1.56. The van der Waals surface area contributed by atoms with Gasteiger partial charge in [-0.3, -0.25) is 0 Å². The standard InChI is InChI=1S/C17H24N2O4/c1-8-12-9-10-18-13(11-12)19(14(20)22-16(2,3)4)15(21)23-17(5,6)7/h8-11H,1H2,2-7H3. The summed E-state index contributed by atoms with van der Waals surface area (Å²) >= 11 is 0. The van der Waals surface area contributed by atoms with Crippen LogP contribution < -0.4 is 4.90 Å². The topological polar surface area (TPSA) is 68.7 Å². The Kier molecular flexibility index (Phi) is 5.53. The minimum Gasteiger partial charge on any atom is -0.443 e. The molecule has 0 aliphatic heterocycles. The number of ether oxygens (including phenoxy) is 2. The van der Waals surface area contributed by atoms with Crippen LogP contribution in [0.3, 0.4) is 0 Å². The molecule has 126 valence electrons. The number of carbonyl (C=O) groups excluding carboxylic acids is 2. The number of anilines is 1. The number of carbonyl (C=O) groups is 2. The molecule has 6 nitrogen and oxygen atoms in total. The highest BCUT2D eigenvalue weighted by atomic mass is 16.6. The molecule has 6 heteroatoms. The van der Waals surface area contributed by atoms with E-state index in [-0.39, 0.29) is 5.82 Å². The van der Waals surface area contributed by atoms with Gasteiger partial charge in [-0.25, -0.2) is 14.6 Å². The molecule has 0 N–H and O–H groups in total. The third kappa shape index (κ3) is 6.10. The van der Waals surface area contributed by atoms with E-state index in [1.54, 1.807) is 59.8 Å². The van der Waals surface area contributed by atoms with E-state index in [0.29, 0.717) is 5.56 Å². The molecule has 23 heavy (non-hydrogen) atoms. The molecule has 2 amide bonds. The predicted octanol–water partition coefficient (Wildman–Crippen LogP) is 4.40. The van der Waals surface area contributed by atoms with Crippen molar-refractivity contribution in [2.24, 2.45) is 0 Å². The lowest BCUT2D eigenvalue weighted by Gasteiger charge is -2.28. The Balaban J connectivity index is 3.22. The van der Waals surface area contributed by atoms with Gasteiger partial charge in [-0.05, 0) is 59.2 Å². The number of hydrogen-bond donors (Lipinski definition) is 0. The van der Waals surface area contributed by atoms with Gasteiger partial charge in [0.05, 0.1) is 0 Å². The lowest BCUT2D eigenvalue weighted by atomic mass is 10.2. The lowest BCUT2D eigenvalue weighted by molar-refractivity contribution is 0.0429. The van der Waals surface area contributed by atoms with E-state index in [1.807, 2.05) is 0 Å². The minimum absolute atomic E-state index is 0.117. The van der Waals surface area contributed by atoms with E-state index >= 15 is 0 Å². The van der Waals surface area contributed by atoms with Crippen LogP contribution in [0, 0.1) is 0 Å². The van der Waals surface area contributed by atoms with Gasteiger partial charge >= 0.3 is 12.2 Å². The Morgan fingerprint density at radius 2 is 1.57 bits per heavy atom. The molecule has 0 atom stereocenters. The monoisotopic (exact) mass is 320 g/mol. The zero-order chi connectivity index (χ0) is 17.8. The zero-order valence-electron chi connectivity index (χ0n) is 14.5. The molecule has 0 bridgehead atoms. The smallest absolute Gasteiger partial charge is 0.425 e. The first-order valence-corrected chi connectivity index (χ1v) is 7.27. The van der Waals surface area contributed by atoms with Crippen molar-refractivity contribution >= 4 is 24.1 Å². The van der Waals surface area contributed by atoms with Gasteiger partial charge in [-0.15, -0.1) is 0 Å². The molecular formula is C17H24N2O4. The van der Waals surface area contributed by atoms with Crippen LogP contribution in [0.2, 0.25) is 0 Å². The Bertz CT molecular complexity index is 569. The number of rotatable bonds is 2. The zero-order valence-corrected chi connectivity index (χ0v) is 14.5. The molecule has 0 spiro atoms. The third-order valence-corrected chi connectivity index (χ3v) is 2.39. The van der Waals surface area contributed by atoms with Crippen molar-refractivity contribution in [2.75, 3.05) is 4.90 Å². The number of pyridine rings is 1.